The summed E-state index contributed by atoms with van der Waals surface area (Å²) in [5.74, 6) is -0.902. The van der Waals surface area contributed by atoms with E-state index in [0.29, 0.717) is 22.9 Å². The number of amides is 2. The third kappa shape index (κ3) is 4.53. The van der Waals surface area contributed by atoms with Gasteiger partial charge in [-0.15, -0.1) is 0 Å². The van der Waals surface area contributed by atoms with E-state index in [0.717, 1.165) is 0 Å². The maximum Gasteiger partial charge on any atom is 0.312 e. The molecule has 0 spiro atoms. The van der Waals surface area contributed by atoms with Gasteiger partial charge in [-0.1, -0.05) is 24.3 Å². The molecule has 2 aromatic rings. The van der Waals surface area contributed by atoms with Crippen molar-refractivity contribution in [2.75, 3.05) is 31.0 Å². The summed E-state index contributed by atoms with van der Waals surface area (Å²) in [5, 5.41) is 2.68. The molecule has 1 saturated heterocycles. The normalized spacial score (nSPS) is 16.7. The Morgan fingerprint density at radius 1 is 1.03 bits per heavy atom. The summed E-state index contributed by atoms with van der Waals surface area (Å²) in [6.45, 7) is 1.65. The Labute approximate surface area is 174 Å². The summed E-state index contributed by atoms with van der Waals surface area (Å²) < 4.78 is 15.8. The molecule has 0 saturated carbocycles. The molecule has 1 fully saturated rings. The van der Waals surface area contributed by atoms with E-state index in [1.807, 2.05) is 0 Å². The molecule has 0 unspecified atom stereocenters. The van der Waals surface area contributed by atoms with E-state index < -0.39 is 23.9 Å². The molecule has 0 aromatic heterocycles. The van der Waals surface area contributed by atoms with E-state index in [1.165, 1.54) is 26.0 Å². The summed E-state index contributed by atoms with van der Waals surface area (Å²) in [7, 11) is 3.02. The third-order valence-corrected chi connectivity index (χ3v) is 4.86. The van der Waals surface area contributed by atoms with E-state index in [9.17, 15) is 14.4 Å². The minimum Gasteiger partial charge on any atom is -0.495 e. The van der Waals surface area contributed by atoms with Crippen LogP contribution >= 0.6 is 0 Å². The summed E-state index contributed by atoms with van der Waals surface area (Å²) in [5.41, 5.74) is 1.08. The van der Waals surface area contributed by atoms with E-state index >= 15 is 0 Å². The maximum absolute atomic E-state index is 12.6. The third-order valence-electron chi connectivity index (χ3n) is 4.86. The first-order valence-corrected chi connectivity index (χ1v) is 9.52. The number of esters is 1. The van der Waals surface area contributed by atoms with Crippen molar-refractivity contribution in [1.82, 2.24) is 0 Å². The quantitative estimate of drug-likeness (QED) is 0.703. The largest absolute Gasteiger partial charge is 0.495 e. The van der Waals surface area contributed by atoms with E-state index in [2.05, 4.69) is 5.32 Å². The van der Waals surface area contributed by atoms with Crippen LogP contribution in [-0.4, -0.2) is 44.7 Å². The molecule has 30 heavy (non-hydrogen) atoms. The van der Waals surface area contributed by atoms with Crippen LogP contribution in [0.1, 0.15) is 13.3 Å². The Morgan fingerprint density at radius 3 is 2.37 bits per heavy atom. The first-order chi connectivity index (χ1) is 14.4. The van der Waals surface area contributed by atoms with Crippen LogP contribution in [0.15, 0.2) is 48.5 Å². The maximum atomic E-state index is 12.6. The molecule has 0 bridgehead atoms. The Bertz CT molecular complexity index is 945. The Kier molecular flexibility index (Phi) is 6.56. The second kappa shape index (κ2) is 9.30. The molecule has 0 aliphatic carbocycles. The molecule has 3 rings (SSSR count). The topological polar surface area (TPSA) is 94.2 Å². The number of rotatable bonds is 7. The van der Waals surface area contributed by atoms with Gasteiger partial charge < -0.3 is 24.4 Å². The number of carbonyl (C=O) groups is 3. The van der Waals surface area contributed by atoms with Gasteiger partial charge in [-0.3, -0.25) is 14.4 Å². The molecule has 2 aromatic carbocycles. The highest BCUT2D eigenvalue weighted by Crippen LogP contribution is 2.33. The van der Waals surface area contributed by atoms with E-state index in [-0.39, 0.29) is 18.9 Å². The van der Waals surface area contributed by atoms with Gasteiger partial charge in [-0.2, -0.15) is 0 Å². The molecule has 8 nitrogen and oxygen atoms in total. The summed E-state index contributed by atoms with van der Waals surface area (Å²) in [6, 6.07) is 14.0. The van der Waals surface area contributed by atoms with Gasteiger partial charge in [0.05, 0.1) is 31.5 Å². The Morgan fingerprint density at radius 2 is 1.67 bits per heavy atom. The van der Waals surface area contributed by atoms with Gasteiger partial charge in [0, 0.05) is 13.0 Å². The first kappa shape index (κ1) is 21.2. The fraction of sp³-hybridized carbons (Fsp3) is 0.318. The molecule has 158 valence electrons. The predicted octanol–water partition coefficient (Wildman–Crippen LogP) is 2.63. The molecule has 2 amide bonds. The standard InChI is InChI=1S/C22H24N2O6/c1-14(21(26)23-16-8-4-6-10-18(16)28-2)30-22(27)15-12-20(25)24(13-15)17-9-5-7-11-19(17)29-3/h4-11,14-15H,12-13H2,1-3H3,(H,23,26)/t14-,15-/m0/s1. The molecular formula is C22H24N2O6. The first-order valence-electron chi connectivity index (χ1n) is 9.52. The average Bonchev–Trinajstić information content (AvgIpc) is 3.15. The van der Waals surface area contributed by atoms with Crippen LogP contribution in [-0.2, 0) is 19.1 Å². The van der Waals surface area contributed by atoms with Crippen LogP contribution in [0.25, 0.3) is 0 Å². The average molecular weight is 412 g/mol. The lowest BCUT2D eigenvalue weighted by Crippen LogP contribution is -2.33. The van der Waals surface area contributed by atoms with Crippen molar-refractivity contribution in [3.05, 3.63) is 48.5 Å². The molecule has 1 heterocycles. The van der Waals surface area contributed by atoms with Crippen LogP contribution in [0.3, 0.4) is 0 Å². The van der Waals surface area contributed by atoms with Crippen molar-refractivity contribution in [2.24, 2.45) is 5.92 Å². The lowest BCUT2D eigenvalue weighted by molar-refractivity contribution is -0.157. The van der Waals surface area contributed by atoms with Gasteiger partial charge in [0.15, 0.2) is 6.10 Å². The van der Waals surface area contributed by atoms with Crippen molar-refractivity contribution in [3.63, 3.8) is 0 Å². The van der Waals surface area contributed by atoms with Gasteiger partial charge >= 0.3 is 5.97 Å². The molecule has 1 aliphatic heterocycles. The van der Waals surface area contributed by atoms with Gasteiger partial charge in [-0.05, 0) is 31.2 Å². The number of carbonyl (C=O) groups excluding carboxylic acids is 3. The molecule has 0 radical (unpaired) electrons. The lowest BCUT2D eigenvalue weighted by Gasteiger charge is -2.20. The number of ether oxygens (including phenoxy) is 3. The van der Waals surface area contributed by atoms with Crippen molar-refractivity contribution < 1.29 is 28.6 Å². The zero-order valence-corrected chi connectivity index (χ0v) is 17.1. The Hall–Kier alpha value is -3.55. The fourth-order valence-corrected chi connectivity index (χ4v) is 3.26. The molecule has 2 atom stereocenters. The number of hydrogen-bond donors (Lipinski definition) is 1. The number of methoxy groups -OCH3 is 2. The fourth-order valence-electron chi connectivity index (χ4n) is 3.26. The molecule has 1 aliphatic rings. The number of nitrogens with one attached hydrogen (secondary N) is 1. The minimum atomic E-state index is -1.03. The highest BCUT2D eigenvalue weighted by Gasteiger charge is 2.38. The van der Waals surface area contributed by atoms with Gasteiger partial charge in [-0.25, -0.2) is 0 Å². The second-order valence-corrected chi connectivity index (χ2v) is 6.85. The molecule has 1 N–H and O–H groups in total. The monoisotopic (exact) mass is 412 g/mol. The van der Waals surface area contributed by atoms with Crippen molar-refractivity contribution >= 4 is 29.2 Å². The zero-order valence-electron chi connectivity index (χ0n) is 17.1. The summed E-state index contributed by atoms with van der Waals surface area (Å²) in [4.78, 5) is 39.0. The van der Waals surface area contributed by atoms with Crippen LogP contribution in [0.2, 0.25) is 0 Å². The SMILES string of the molecule is COc1ccccc1NC(=O)[C@H](C)OC(=O)[C@H]1CC(=O)N(c2ccccc2OC)C1. The highest BCUT2D eigenvalue weighted by molar-refractivity contribution is 6.01. The summed E-state index contributed by atoms with van der Waals surface area (Å²) in [6.07, 6.45) is -1.02. The molecular weight excluding hydrogens is 388 g/mol. The van der Waals surface area contributed by atoms with Crippen LogP contribution in [0, 0.1) is 5.92 Å². The number of benzene rings is 2. The van der Waals surface area contributed by atoms with Crippen LogP contribution < -0.4 is 19.7 Å². The highest BCUT2D eigenvalue weighted by atomic mass is 16.5. The van der Waals surface area contributed by atoms with Crippen molar-refractivity contribution in [1.29, 1.82) is 0 Å². The van der Waals surface area contributed by atoms with E-state index in [4.69, 9.17) is 14.2 Å². The van der Waals surface area contributed by atoms with Gasteiger partial charge in [0.1, 0.15) is 11.5 Å². The van der Waals surface area contributed by atoms with Crippen molar-refractivity contribution in [2.45, 2.75) is 19.4 Å². The Balaban J connectivity index is 1.62. The second-order valence-electron chi connectivity index (χ2n) is 6.85. The van der Waals surface area contributed by atoms with Crippen LogP contribution in [0.5, 0.6) is 11.5 Å². The zero-order chi connectivity index (χ0) is 21.7. The minimum absolute atomic E-state index is 0.0116. The number of hydrogen-bond acceptors (Lipinski definition) is 6. The van der Waals surface area contributed by atoms with E-state index in [1.54, 1.807) is 48.5 Å². The number of anilines is 2. The van der Waals surface area contributed by atoms with Crippen molar-refractivity contribution in [3.8, 4) is 11.5 Å². The smallest absolute Gasteiger partial charge is 0.312 e. The van der Waals surface area contributed by atoms with Gasteiger partial charge in [0.25, 0.3) is 5.91 Å². The lowest BCUT2D eigenvalue weighted by atomic mass is 10.1. The van der Waals surface area contributed by atoms with Gasteiger partial charge in [0.2, 0.25) is 5.91 Å². The summed E-state index contributed by atoms with van der Waals surface area (Å²) >= 11 is 0. The molecule has 8 heteroatoms. The van der Waals surface area contributed by atoms with Crippen LogP contribution in [0.4, 0.5) is 11.4 Å². The number of nitrogens with zero attached hydrogens (tertiary/aromatic N) is 1. The predicted molar refractivity (Wildman–Crippen MR) is 111 cm³/mol. The number of para-hydroxylation sites is 4.